The summed E-state index contributed by atoms with van der Waals surface area (Å²) in [5.74, 6) is 1.60. The van der Waals surface area contributed by atoms with Crippen molar-refractivity contribution in [3.63, 3.8) is 0 Å². The number of hydrogen-bond donors (Lipinski definition) is 2. The van der Waals surface area contributed by atoms with Gasteiger partial charge in [0.25, 0.3) is 5.91 Å². The monoisotopic (exact) mass is 298 g/mol. The Morgan fingerprint density at radius 3 is 2.19 bits per heavy atom. The largest absolute Gasteiger partial charge is 0.493 e. The standard InChI is InChI=1S/C14H22N2O5/c1-5-6-15-16-13(17)9-21-10-7-11(18-2)14(20-4)12(8-10)19-3/h7-8,15H,5-6,9H2,1-4H3,(H,16,17). The summed E-state index contributed by atoms with van der Waals surface area (Å²) in [5, 5.41) is 0. The average Bonchev–Trinajstić information content (AvgIpc) is 2.51. The fourth-order valence-electron chi connectivity index (χ4n) is 1.61. The van der Waals surface area contributed by atoms with Gasteiger partial charge in [0.1, 0.15) is 5.75 Å². The Morgan fingerprint density at radius 2 is 1.71 bits per heavy atom. The molecule has 7 heteroatoms. The molecule has 0 unspecified atom stereocenters. The van der Waals surface area contributed by atoms with Crippen LogP contribution in [0.2, 0.25) is 0 Å². The molecule has 2 N–H and O–H groups in total. The number of carbonyl (C=O) groups is 1. The van der Waals surface area contributed by atoms with E-state index in [4.69, 9.17) is 18.9 Å². The number of carbonyl (C=O) groups excluding carboxylic acids is 1. The second kappa shape index (κ2) is 8.91. The van der Waals surface area contributed by atoms with Crippen LogP contribution in [0.25, 0.3) is 0 Å². The molecule has 0 aliphatic carbocycles. The molecule has 1 amide bonds. The molecule has 1 aromatic rings. The lowest BCUT2D eigenvalue weighted by Crippen LogP contribution is -2.40. The van der Waals surface area contributed by atoms with Gasteiger partial charge in [0, 0.05) is 18.7 Å². The van der Waals surface area contributed by atoms with Crippen molar-refractivity contribution in [3.05, 3.63) is 12.1 Å². The Morgan fingerprint density at radius 1 is 1.10 bits per heavy atom. The van der Waals surface area contributed by atoms with Crippen LogP contribution in [-0.4, -0.2) is 40.4 Å². The zero-order valence-corrected chi connectivity index (χ0v) is 12.8. The lowest BCUT2D eigenvalue weighted by molar-refractivity contribution is -0.124. The molecular weight excluding hydrogens is 276 g/mol. The molecule has 0 aliphatic heterocycles. The van der Waals surface area contributed by atoms with Crippen LogP contribution < -0.4 is 29.8 Å². The van der Waals surface area contributed by atoms with E-state index in [9.17, 15) is 4.79 Å². The zero-order valence-electron chi connectivity index (χ0n) is 12.8. The van der Waals surface area contributed by atoms with Gasteiger partial charge in [-0.3, -0.25) is 10.2 Å². The van der Waals surface area contributed by atoms with E-state index < -0.39 is 0 Å². The first kappa shape index (κ1) is 16.9. The first-order valence-corrected chi connectivity index (χ1v) is 6.60. The molecule has 118 valence electrons. The number of nitrogens with one attached hydrogen (secondary N) is 2. The van der Waals surface area contributed by atoms with Crippen molar-refractivity contribution >= 4 is 5.91 Å². The predicted molar refractivity (Wildman–Crippen MR) is 78.0 cm³/mol. The summed E-state index contributed by atoms with van der Waals surface area (Å²) in [5.41, 5.74) is 5.32. The molecule has 0 radical (unpaired) electrons. The third-order valence-corrected chi connectivity index (χ3v) is 2.61. The van der Waals surface area contributed by atoms with Gasteiger partial charge in [-0.25, -0.2) is 5.43 Å². The predicted octanol–water partition coefficient (Wildman–Crippen LogP) is 1.12. The summed E-state index contributed by atoms with van der Waals surface area (Å²) in [6, 6.07) is 3.27. The Balaban J connectivity index is 2.69. The topological polar surface area (TPSA) is 78.1 Å². The first-order valence-electron chi connectivity index (χ1n) is 6.60. The molecule has 0 atom stereocenters. The number of benzene rings is 1. The minimum Gasteiger partial charge on any atom is -0.493 e. The van der Waals surface area contributed by atoms with Crippen LogP contribution in [-0.2, 0) is 4.79 Å². The van der Waals surface area contributed by atoms with Crippen molar-refractivity contribution in [3.8, 4) is 23.0 Å². The molecule has 21 heavy (non-hydrogen) atoms. The van der Waals surface area contributed by atoms with Crippen LogP contribution in [0.15, 0.2) is 12.1 Å². The molecule has 1 aromatic carbocycles. The Labute approximate surface area is 124 Å². The van der Waals surface area contributed by atoms with Crippen LogP contribution in [0.3, 0.4) is 0 Å². The van der Waals surface area contributed by atoms with Gasteiger partial charge in [-0.15, -0.1) is 0 Å². The van der Waals surface area contributed by atoms with Gasteiger partial charge < -0.3 is 18.9 Å². The first-order chi connectivity index (χ1) is 10.2. The van der Waals surface area contributed by atoms with Gasteiger partial charge in [-0.2, -0.15) is 0 Å². The zero-order chi connectivity index (χ0) is 15.7. The molecule has 0 heterocycles. The smallest absolute Gasteiger partial charge is 0.271 e. The molecule has 7 nitrogen and oxygen atoms in total. The van der Waals surface area contributed by atoms with E-state index >= 15 is 0 Å². The molecule has 0 bridgehead atoms. The average molecular weight is 298 g/mol. The third kappa shape index (κ3) is 5.03. The Hall–Kier alpha value is -2.15. The van der Waals surface area contributed by atoms with Crippen molar-refractivity contribution in [1.29, 1.82) is 0 Å². The maximum absolute atomic E-state index is 11.5. The van der Waals surface area contributed by atoms with Gasteiger partial charge in [0.05, 0.1) is 21.3 Å². The van der Waals surface area contributed by atoms with Crippen LogP contribution in [0, 0.1) is 0 Å². The highest BCUT2D eigenvalue weighted by molar-refractivity contribution is 5.77. The highest BCUT2D eigenvalue weighted by Gasteiger charge is 2.14. The summed E-state index contributed by atoms with van der Waals surface area (Å²) in [6.07, 6.45) is 0.925. The maximum atomic E-state index is 11.5. The highest BCUT2D eigenvalue weighted by Crippen LogP contribution is 2.40. The van der Waals surface area contributed by atoms with E-state index in [1.54, 1.807) is 12.1 Å². The quantitative estimate of drug-likeness (QED) is 0.525. The fraction of sp³-hybridized carbons (Fsp3) is 0.500. The second-order valence-electron chi connectivity index (χ2n) is 4.12. The van der Waals surface area contributed by atoms with Crippen molar-refractivity contribution in [2.45, 2.75) is 13.3 Å². The summed E-state index contributed by atoms with van der Waals surface area (Å²) in [7, 11) is 4.55. The van der Waals surface area contributed by atoms with Gasteiger partial charge in [0.15, 0.2) is 18.1 Å². The van der Waals surface area contributed by atoms with Gasteiger partial charge in [0.2, 0.25) is 5.75 Å². The van der Waals surface area contributed by atoms with Crippen molar-refractivity contribution in [2.75, 3.05) is 34.5 Å². The molecule has 0 aliphatic rings. The van der Waals surface area contributed by atoms with Crippen molar-refractivity contribution in [2.24, 2.45) is 0 Å². The minimum atomic E-state index is -0.266. The number of hydrazine groups is 1. The van der Waals surface area contributed by atoms with E-state index in [1.165, 1.54) is 21.3 Å². The van der Waals surface area contributed by atoms with Gasteiger partial charge in [-0.05, 0) is 6.42 Å². The highest BCUT2D eigenvalue weighted by atomic mass is 16.5. The van der Waals surface area contributed by atoms with Crippen LogP contribution >= 0.6 is 0 Å². The SMILES string of the molecule is CCCNNC(=O)COc1cc(OC)c(OC)c(OC)c1. The van der Waals surface area contributed by atoms with E-state index in [2.05, 4.69) is 10.9 Å². The molecule has 1 rings (SSSR count). The summed E-state index contributed by atoms with van der Waals surface area (Å²) in [6.45, 7) is 2.59. The van der Waals surface area contributed by atoms with E-state index in [1.807, 2.05) is 6.92 Å². The third-order valence-electron chi connectivity index (χ3n) is 2.61. The van der Waals surface area contributed by atoms with E-state index in [0.29, 0.717) is 29.5 Å². The van der Waals surface area contributed by atoms with E-state index in [-0.39, 0.29) is 12.5 Å². The van der Waals surface area contributed by atoms with Crippen molar-refractivity contribution in [1.82, 2.24) is 10.9 Å². The second-order valence-corrected chi connectivity index (χ2v) is 4.12. The number of methoxy groups -OCH3 is 3. The molecule has 0 saturated heterocycles. The number of rotatable bonds is 9. The molecule has 0 saturated carbocycles. The van der Waals surface area contributed by atoms with Gasteiger partial charge >= 0.3 is 0 Å². The number of hydrogen-bond acceptors (Lipinski definition) is 6. The van der Waals surface area contributed by atoms with Crippen LogP contribution in [0.1, 0.15) is 13.3 Å². The number of ether oxygens (including phenoxy) is 4. The Kier molecular flexibility index (Phi) is 7.17. The van der Waals surface area contributed by atoms with Crippen LogP contribution in [0.5, 0.6) is 23.0 Å². The van der Waals surface area contributed by atoms with Gasteiger partial charge in [-0.1, -0.05) is 6.92 Å². The molecule has 0 fully saturated rings. The number of amides is 1. The van der Waals surface area contributed by atoms with Crippen molar-refractivity contribution < 1.29 is 23.7 Å². The maximum Gasteiger partial charge on any atom is 0.271 e. The van der Waals surface area contributed by atoms with E-state index in [0.717, 1.165) is 6.42 Å². The summed E-state index contributed by atoms with van der Waals surface area (Å²) in [4.78, 5) is 11.5. The Bertz CT molecular complexity index is 440. The lowest BCUT2D eigenvalue weighted by Gasteiger charge is -2.14. The molecule has 0 spiro atoms. The normalized spacial score (nSPS) is 9.90. The summed E-state index contributed by atoms with van der Waals surface area (Å²) >= 11 is 0. The summed E-state index contributed by atoms with van der Waals surface area (Å²) < 4.78 is 21.0. The van der Waals surface area contributed by atoms with Crippen LogP contribution in [0.4, 0.5) is 0 Å². The molecule has 0 aromatic heterocycles. The fourth-order valence-corrected chi connectivity index (χ4v) is 1.61. The lowest BCUT2D eigenvalue weighted by atomic mass is 10.2. The minimum absolute atomic E-state index is 0.116. The molecular formula is C14H22N2O5.